The van der Waals surface area contributed by atoms with Crippen LogP contribution in [0.4, 0.5) is 0 Å². The minimum absolute atomic E-state index is 0.0447. The van der Waals surface area contributed by atoms with Gasteiger partial charge in [0, 0.05) is 26.4 Å². The molecule has 0 aliphatic carbocycles. The lowest BCUT2D eigenvalue weighted by atomic mass is 9.96. The number of hydrogen-bond acceptors (Lipinski definition) is 4. The molecule has 40 heavy (non-hydrogen) atoms. The molecule has 1 heterocycles. The van der Waals surface area contributed by atoms with Gasteiger partial charge >= 0.3 is 5.97 Å². The number of nitrogens with zero attached hydrogens (tertiary/aromatic N) is 1. The van der Waals surface area contributed by atoms with Crippen LogP contribution in [-0.2, 0) is 30.5 Å². The Morgan fingerprint density at radius 1 is 0.925 bits per heavy atom. The van der Waals surface area contributed by atoms with Crippen LogP contribution in [0.5, 0.6) is 0 Å². The summed E-state index contributed by atoms with van der Waals surface area (Å²) in [6, 6.07) is 24.2. The van der Waals surface area contributed by atoms with Gasteiger partial charge in [0.1, 0.15) is 0 Å². The van der Waals surface area contributed by atoms with Crippen molar-refractivity contribution in [2.75, 3.05) is 5.75 Å². The first kappa shape index (κ1) is 30.4. The highest BCUT2D eigenvalue weighted by atomic mass is 35.5. The number of rotatable bonds is 13. The van der Waals surface area contributed by atoms with Crippen LogP contribution in [0.25, 0.3) is 10.9 Å². The number of aromatic nitrogens is 1. The van der Waals surface area contributed by atoms with E-state index in [0.717, 1.165) is 59.2 Å². The molecule has 0 spiro atoms. The highest BCUT2D eigenvalue weighted by molar-refractivity contribution is 7.99. The SMILES string of the molecule is CC(C)(O)CCSC(CCc1ccc(Cl)cc1CC(=O)O)c1cccc(CCc2ccc3ccc(Cl)cc3n2)c1. The van der Waals surface area contributed by atoms with E-state index in [0.29, 0.717) is 16.5 Å². The van der Waals surface area contributed by atoms with Crippen molar-refractivity contribution in [3.05, 3.63) is 111 Å². The minimum atomic E-state index is -0.865. The summed E-state index contributed by atoms with van der Waals surface area (Å²) in [5.74, 6) is -0.0405. The summed E-state index contributed by atoms with van der Waals surface area (Å²) >= 11 is 14.2. The average molecular weight is 597 g/mol. The molecule has 4 rings (SSSR count). The maximum atomic E-state index is 11.4. The number of fused-ring (bicyclic) bond motifs is 1. The smallest absolute Gasteiger partial charge is 0.307 e. The molecule has 0 aliphatic rings. The van der Waals surface area contributed by atoms with E-state index >= 15 is 0 Å². The Hall–Kier alpha value is -2.57. The monoisotopic (exact) mass is 595 g/mol. The van der Waals surface area contributed by atoms with Crippen LogP contribution in [0.15, 0.2) is 72.8 Å². The molecule has 4 aromatic rings. The molecule has 210 valence electrons. The molecule has 0 fully saturated rings. The summed E-state index contributed by atoms with van der Waals surface area (Å²) in [6.45, 7) is 3.67. The molecule has 1 aromatic heterocycles. The lowest BCUT2D eigenvalue weighted by Crippen LogP contribution is -2.19. The van der Waals surface area contributed by atoms with Crippen LogP contribution in [0.2, 0.25) is 10.0 Å². The second-order valence-electron chi connectivity index (χ2n) is 10.8. The number of thioether (sulfide) groups is 1. The van der Waals surface area contributed by atoms with Crippen LogP contribution in [0.1, 0.15) is 59.9 Å². The van der Waals surface area contributed by atoms with E-state index < -0.39 is 11.6 Å². The number of carboxylic acids is 1. The number of aliphatic hydroxyl groups is 1. The Balaban J connectivity index is 1.49. The van der Waals surface area contributed by atoms with E-state index in [1.807, 2.05) is 55.9 Å². The van der Waals surface area contributed by atoms with Gasteiger partial charge in [-0.05, 0) is 104 Å². The number of halogens is 2. The number of carbonyl (C=O) groups is 1. The summed E-state index contributed by atoms with van der Waals surface area (Å²) < 4.78 is 0. The van der Waals surface area contributed by atoms with E-state index in [1.165, 1.54) is 11.1 Å². The van der Waals surface area contributed by atoms with Crippen LogP contribution >= 0.6 is 35.0 Å². The summed E-state index contributed by atoms with van der Waals surface area (Å²) in [4.78, 5) is 16.2. The van der Waals surface area contributed by atoms with E-state index in [-0.39, 0.29) is 11.7 Å². The molecule has 3 aromatic carbocycles. The standard InChI is InChI=1S/C33H35Cl2NO3S/c1-33(2,39)16-17-40-31(15-10-23-7-11-27(34)19-26(23)20-32(37)38)25-5-3-4-22(18-25)6-13-29-14-9-24-8-12-28(35)21-30(24)36-29/h3-5,7-9,11-12,14,18-19,21,31,39H,6,10,13,15-17,20H2,1-2H3,(H,37,38). The molecule has 1 unspecified atom stereocenters. The minimum Gasteiger partial charge on any atom is -0.481 e. The van der Waals surface area contributed by atoms with E-state index in [2.05, 4.69) is 36.4 Å². The molecule has 7 heteroatoms. The zero-order valence-corrected chi connectivity index (χ0v) is 25.2. The fourth-order valence-corrected chi connectivity index (χ4v) is 6.63. The number of aryl methyl sites for hydroxylation is 3. The number of aliphatic carboxylic acids is 1. The normalized spacial score (nSPS) is 12.5. The van der Waals surface area contributed by atoms with Gasteiger partial charge in [0.15, 0.2) is 0 Å². The molecular formula is C33H35Cl2NO3S. The van der Waals surface area contributed by atoms with Crippen molar-refractivity contribution >= 4 is 51.8 Å². The molecule has 0 radical (unpaired) electrons. The van der Waals surface area contributed by atoms with Crippen LogP contribution in [0, 0.1) is 0 Å². The molecule has 0 saturated carbocycles. The van der Waals surface area contributed by atoms with Gasteiger partial charge in [-0.1, -0.05) is 65.7 Å². The van der Waals surface area contributed by atoms with E-state index in [9.17, 15) is 15.0 Å². The Labute approximate surface area is 250 Å². The zero-order valence-electron chi connectivity index (χ0n) is 22.9. The average Bonchev–Trinajstić information content (AvgIpc) is 2.89. The van der Waals surface area contributed by atoms with Crippen LogP contribution < -0.4 is 0 Å². The first-order chi connectivity index (χ1) is 19.1. The zero-order chi connectivity index (χ0) is 28.7. The third-order valence-corrected chi connectivity index (χ3v) is 8.74. The summed E-state index contributed by atoms with van der Waals surface area (Å²) in [5.41, 5.74) is 5.48. The first-order valence-electron chi connectivity index (χ1n) is 13.5. The van der Waals surface area contributed by atoms with Gasteiger partial charge in [-0.3, -0.25) is 9.78 Å². The van der Waals surface area contributed by atoms with E-state index in [4.69, 9.17) is 28.2 Å². The van der Waals surface area contributed by atoms with Gasteiger partial charge in [0.2, 0.25) is 0 Å². The second-order valence-corrected chi connectivity index (χ2v) is 13.0. The van der Waals surface area contributed by atoms with Gasteiger partial charge in [-0.25, -0.2) is 0 Å². The summed E-state index contributed by atoms with van der Waals surface area (Å²) in [6.07, 6.45) is 3.93. The largest absolute Gasteiger partial charge is 0.481 e. The third kappa shape index (κ3) is 9.24. The second kappa shape index (κ2) is 13.9. The lowest BCUT2D eigenvalue weighted by molar-refractivity contribution is -0.136. The maximum absolute atomic E-state index is 11.4. The van der Waals surface area contributed by atoms with Crippen molar-refractivity contribution in [2.24, 2.45) is 0 Å². The Morgan fingerprint density at radius 3 is 2.45 bits per heavy atom. The number of pyridine rings is 1. The molecule has 2 N–H and O–H groups in total. The summed E-state index contributed by atoms with van der Waals surface area (Å²) in [5, 5.41) is 22.2. The van der Waals surface area contributed by atoms with Gasteiger partial charge in [0.25, 0.3) is 0 Å². The Kier molecular flexibility index (Phi) is 10.5. The van der Waals surface area contributed by atoms with Gasteiger partial charge < -0.3 is 10.2 Å². The molecule has 0 aliphatic heterocycles. The van der Waals surface area contributed by atoms with Crippen LogP contribution in [0.3, 0.4) is 0 Å². The quantitative estimate of drug-likeness (QED) is 0.162. The Morgan fingerprint density at radius 2 is 1.68 bits per heavy atom. The lowest BCUT2D eigenvalue weighted by Gasteiger charge is -2.22. The van der Waals surface area contributed by atoms with Crippen molar-refractivity contribution in [1.29, 1.82) is 0 Å². The number of benzene rings is 3. The fourth-order valence-electron chi connectivity index (χ4n) is 4.74. The topological polar surface area (TPSA) is 70.4 Å². The van der Waals surface area contributed by atoms with Crippen molar-refractivity contribution in [3.63, 3.8) is 0 Å². The first-order valence-corrected chi connectivity index (χ1v) is 15.3. The van der Waals surface area contributed by atoms with Crippen LogP contribution in [-0.4, -0.2) is 32.5 Å². The van der Waals surface area contributed by atoms with E-state index in [1.54, 1.807) is 6.07 Å². The highest BCUT2D eigenvalue weighted by Crippen LogP contribution is 2.36. The predicted octanol–water partition coefficient (Wildman–Crippen LogP) is 8.52. The number of carboxylic acid groups (broad SMARTS) is 1. The van der Waals surface area contributed by atoms with Crippen molar-refractivity contribution in [3.8, 4) is 0 Å². The Bertz CT molecular complexity index is 1470. The van der Waals surface area contributed by atoms with Crippen molar-refractivity contribution in [2.45, 2.75) is 63.2 Å². The molecular weight excluding hydrogens is 561 g/mol. The van der Waals surface area contributed by atoms with Gasteiger partial charge in [0.05, 0.1) is 17.5 Å². The number of hydrogen-bond donors (Lipinski definition) is 2. The summed E-state index contributed by atoms with van der Waals surface area (Å²) in [7, 11) is 0. The molecule has 0 saturated heterocycles. The highest BCUT2D eigenvalue weighted by Gasteiger charge is 2.18. The van der Waals surface area contributed by atoms with Gasteiger partial charge in [-0.2, -0.15) is 11.8 Å². The predicted molar refractivity (Wildman–Crippen MR) is 168 cm³/mol. The van der Waals surface area contributed by atoms with Crippen molar-refractivity contribution in [1.82, 2.24) is 4.98 Å². The molecule has 0 bridgehead atoms. The molecule has 1 atom stereocenters. The fraction of sp³-hybridized carbons (Fsp3) is 0.333. The maximum Gasteiger partial charge on any atom is 0.307 e. The van der Waals surface area contributed by atoms with Gasteiger partial charge in [-0.15, -0.1) is 0 Å². The molecule has 4 nitrogen and oxygen atoms in total. The molecule has 0 amide bonds. The third-order valence-electron chi connectivity index (χ3n) is 6.92. The van der Waals surface area contributed by atoms with Crippen molar-refractivity contribution < 1.29 is 15.0 Å².